The topological polar surface area (TPSA) is 58.6 Å². The zero-order valence-corrected chi connectivity index (χ0v) is 11.4. The lowest BCUT2D eigenvalue weighted by molar-refractivity contribution is -0.143. The number of nitrogens with zero attached hydrogens (tertiary/aromatic N) is 1. The monoisotopic (exact) mass is 264 g/mol. The van der Waals surface area contributed by atoms with E-state index in [0.29, 0.717) is 13.2 Å². The van der Waals surface area contributed by atoms with Gasteiger partial charge in [-0.25, -0.2) is 4.79 Å². The molecule has 0 heterocycles. The molecule has 0 atom stereocenters. The molecule has 0 aromatic heterocycles. The van der Waals surface area contributed by atoms with E-state index in [0.717, 1.165) is 12.0 Å². The fourth-order valence-corrected chi connectivity index (χ4v) is 1.57. The number of nitrogens with one attached hydrogen (secondary N) is 1. The molecule has 1 aromatic rings. The number of carbonyl (C=O) groups excluding carboxylic acids is 2. The number of esters is 1. The van der Waals surface area contributed by atoms with Crippen LogP contribution in [-0.2, 0) is 16.0 Å². The van der Waals surface area contributed by atoms with E-state index in [1.165, 1.54) is 4.90 Å². The molecular formula is C14H20N2O3. The van der Waals surface area contributed by atoms with Gasteiger partial charge in [0.1, 0.15) is 6.54 Å². The SMILES string of the molecule is CCOC(=O)CN(C)C(=O)NCCc1ccccc1. The van der Waals surface area contributed by atoms with Crippen molar-refractivity contribution >= 4 is 12.0 Å². The molecule has 0 unspecified atom stereocenters. The Labute approximate surface area is 113 Å². The van der Waals surface area contributed by atoms with Crippen molar-refractivity contribution < 1.29 is 14.3 Å². The molecule has 1 N–H and O–H groups in total. The van der Waals surface area contributed by atoms with E-state index in [9.17, 15) is 9.59 Å². The molecule has 0 fully saturated rings. The Morgan fingerprint density at radius 2 is 1.95 bits per heavy atom. The molecule has 0 aliphatic rings. The molecule has 0 radical (unpaired) electrons. The molecule has 0 aliphatic heterocycles. The number of amides is 2. The van der Waals surface area contributed by atoms with Crippen LogP contribution in [0.2, 0.25) is 0 Å². The average Bonchev–Trinajstić information content (AvgIpc) is 2.40. The number of hydrogen-bond donors (Lipinski definition) is 1. The summed E-state index contributed by atoms with van der Waals surface area (Å²) in [6.07, 6.45) is 0.764. The van der Waals surface area contributed by atoms with Gasteiger partial charge >= 0.3 is 12.0 Å². The van der Waals surface area contributed by atoms with Crippen LogP contribution in [0.1, 0.15) is 12.5 Å². The minimum atomic E-state index is -0.400. The Morgan fingerprint density at radius 3 is 2.58 bits per heavy atom. The molecule has 0 spiro atoms. The second-order valence-electron chi connectivity index (χ2n) is 4.13. The zero-order valence-electron chi connectivity index (χ0n) is 11.4. The molecule has 0 bridgehead atoms. The highest BCUT2D eigenvalue weighted by atomic mass is 16.5. The Hall–Kier alpha value is -2.04. The van der Waals surface area contributed by atoms with Crippen LogP contribution < -0.4 is 5.32 Å². The molecule has 104 valence electrons. The number of urea groups is 1. The summed E-state index contributed by atoms with van der Waals surface area (Å²) in [5.41, 5.74) is 1.16. The van der Waals surface area contributed by atoms with E-state index in [2.05, 4.69) is 5.32 Å². The van der Waals surface area contributed by atoms with Crippen molar-refractivity contribution in [1.82, 2.24) is 10.2 Å². The van der Waals surface area contributed by atoms with Crippen molar-refractivity contribution in [3.63, 3.8) is 0 Å². The smallest absolute Gasteiger partial charge is 0.325 e. The number of rotatable bonds is 6. The molecule has 0 aliphatic carbocycles. The molecule has 5 nitrogen and oxygen atoms in total. The molecule has 0 saturated carbocycles. The summed E-state index contributed by atoms with van der Waals surface area (Å²) in [6, 6.07) is 9.62. The Morgan fingerprint density at radius 1 is 1.26 bits per heavy atom. The predicted molar refractivity (Wildman–Crippen MR) is 72.8 cm³/mol. The maximum absolute atomic E-state index is 11.7. The summed E-state index contributed by atoms with van der Waals surface area (Å²) in [6.45, 7) is 2.56. The molecule has 1 rings (SSSR count). The van der Waals surface area contributed by atoms with E-state index >= 15 is 0 Å². The summed E-state index contributed by atoms with van der Waals surface area (Å²) >= 11 is 0. The number of likely N-dealkylation sites (N-methyl/N-ethyl adjacent to an activating group) is 1. The third-order valence-corrected chi connectivity index (χ3v) is 2.55. The highest BCUT2D eigenvalue weighted by Gasteiger charge is 2.12. The number of hydrogen-bond acceptors (Lipinski definition) is 3. The van der Waals surface area contributed by atoms with Crippen LogP contribution in [-0.4, -0.2) is 43.6 Å². The summed E-state index contributed by atoms with van der Waals surface area (Å²) in [7, 11) is 1.56. The molecule has 0 saturated heterocycles. The highest BCUT2D eigenvalue weighted by Crippen LogP contribution is 1.98. The molecular weight excluding hydrogens is 244 g/mol. The van der Waals surface area contributed by atoms with Gasteiger partial charge in [0.15, 0.2) is 0 Å². The van der Waals surface area contributed by atoms with Crippen molar-refractivity contribution in [3.8, 4) is 0 Å². The third kappa shape index (κ3) is 5.90. The summed E-state index contributed by atoms with van der Waals surface area (Å²) < 4.78 is 4.78. The summed E-state index contributed by atoms with van der Waals surface area (Å²) in [4.78, 5) is 24.2. The van der Waals surface area contributed by atoms with Crippen LogP contribution >= 0.6 is 0 Å². The third-order valence-electron chi connectivity index (χ3n) is 2.55. The second kappa shape index (κ2) is 8.13. The number of benzene rings is 1. The van der Waals surface area contributed by atoms with Crippen molar-refractivity contribution in [2.75, 3.05) is 26.7 Å². The van der Waals surface area contributed by atoms with Crippen molar-refractivity contribution in [2.45, 2.75) is 13.3 Å². The summed E-state index contributed by atoms with van der Waals surface area (Å²) in [5.74, 6) is -0.400. The van der Waals surface area contributed by atoms with Gasteiger partial charge in [-0.05, 0) is 18.9 Å². The Balaban J connectivity index is 2.25. The first-order chi connectivity index (χ1) is 9.13. The van der Waals surface area contributed by atoms with Gasteiger partial charge in [0, 0.05) is 13.6 Å². The van der Waals surface area contributed by atoms with Gasteiger partial charge in [-0.15, -0.1) is 0 Å². The first-order valence-corrected chi connectivity index (χ1v) is 6.32. The highest BCUT2D eigenvalue weighted by molar-refractivity contribution is 5.80. The average molecular weight is 264 g/mol. The van der Waals surface area contributed by atoms with Crippen molar-refractivity contribution in [3.05, 3.63) is 35.9 Å². The van der Waals surface area contributed by atoms with Gasteiger partial charge in [0.2, 0.25) is 0 Å². The maximum atomic E-state index is 11.7. The van der Waals surface area contributed by atoms with Gasteiger partial charge in [-0.2, -0.15) is 0 Å². The normalized spacial score (nSPS) is 9.79. The van der Waals surface area contributed by atoms with Crippen molar-refractivity contribution in [1.29, 1.82) is 0 Å². The molecule has 1 aromatic carbocycles. The van der Waals surface area contributed by atoms with Gasteiger partial charge in [0.05, 0.1) is 6.61 Å². The minimum absolute atomic E-state index is 0.0367. The van der Waals surface area contributed by atoms with Crippen LogP contribution in [0.3, 0.4) is 0 Å². The molecule has 2 amide bonds. The van der Waals surface area contributed by atoms with Gasteiger partial charge in [0.25, 0.3) is 0 Å². The first kappa shape index (κ1) is 15.0. The van der Waals surface area contributed by atoms with E-state index in [4.69, 9.17) is 4.74 Å². The number of carbonyl (C=O) groups is 2. The van der Waals surface area contributed by atoms with Crippen LogP contribution in [0.25, 0.3) is 0 Å². The maximum Gasteiger partial charge on any atom is 0.325 e. The Kier molecular flexibility index (Phi) is 6.43. The van der Waals surface area contributed by atoms with Crippen LogP contribution in [0.15, 0.2) is 30.3 Å². The lowest BCUT2D eigenvalue weighted by Crippen LogP contribution is -2.41. The van der Waals surface area contributed by atoms with Crippen LogP contribution in [0.4, 0.5) is 4.79 Å². The largest absolute Gasteiger partial charge is 0.465 e. The number of ether oxygens (including phenoxy) is 1. The van der Waals surface area contributed by atoms with Crippen molar-refractivity contribution in [2.24, 2.45) is 0 Å². The lowest BCUT2D eigenvalue weighted by Gasteiger charge is -2.16. The fourth-order valence-electron chi connectivity index (χ4n) is 1.57. The fraction of sp³-hybridized carbons (Fsp3) is 0.429. The van der Waals surface area contributed by atoms with E-state index < -0.39 is 5.97 Å². The van der Waals surface area contributed by atoms with Crippen LogP contribution in [0.5, 0.6) is 0 Å². The summed E-state index contributed by atoms with van der Waals surface area (Å²) in [5, 5.41) is 2.76. The minimum Gasteiger partial charge on any atom is -0.465 e. The first-order valence-electron chi connectivity index (χ1n) is 6.32. The quantitative estimate of drug-likeness (QED) is 0.791. The zero-order chi connectivity index (χ0) is 14.1. The Bertz CT molecular complexity index is 406. The standard InChI is InChI=1S/C14H20N2O3/c1-3-19-13(17)11-16(2)14(18)15-10-9-12-7-5-4-6-8-12/h4-8H,3,9-11H2,1-2H3,(H,15,18). The van der Waals surface area contributed by atoms with E-state index in [1.54, 1.807) is 14.0 Å². The lowest BCUT2D eigenvalue weighted by atomic mass is 10.1. The van der Waals surface area contributed by atoms with Crippen LogP contribution in [0, 0.1) is 0 Å². The molecule has 19 heavy (non-hydrogen) atoms. The van der Waals surface area contributed by atoms with Gasteiger partial charge < -0.3 is 15.0 Å². The van der Waals surface area contributed by atoms with E-state index in [1.807, 2.05) is 30.3 Å². The predicted octanol–water partition coefficient (Wildman–Crippen LogP) is 1.43. The van der Waals surface area contributed by atoms with E-state index in [-0.39, 0.29) is 12.6 Å². The second-order valence-corrected chi connectivity index (χ2v) is 4.13. The van der Waals surface area contributed by atoms with Gasteiger partial charge in [-0.1, -0.05) is 30.3 Å². The molecule has 5 heteroatoms. The van der Waals surface area contributed by atoms with Gasteiger partial charge in [-0.3, -0.25) is 4.79 Å².